The van der Waals surface area contributed by atoms with Crippen LogP contribution in [0.3, 0.4) is 0 Å². The molecule has 2 heterocycles. The highest BCUT2D eigenvalue weighted by Crippen LogP contribution is 2.31. The van der Waals surface area contributed by atoms with Crippen LogP contribution in [0.25, 0.3) is 56.7 Å². The summed E-state index contributed by atoms with van der Waals surface area (Å²) in [5, 5.41) is 0. The van der Waals surface area contributed by atoms with Crippen LogP contribution >= 0.6 is 31.9 Å². The Kier molecular flexibility index (Phi) is 6.90. The normalized spacial score (nSPS) is 10.9. The molecule has 0 radical (unpaired) electrons. The number of benzene rings is 4. The maximum atomic E-state index is 4.96. The fourth-order valence-electron chi connectivity index (χ4n) is 4.20. The van der Waals surface area contributed by atoms with Gasteiger partial charge in [-0.05, 0) is 36.4 Å². The van der Waals surface area contributed by atoms with E-state index in [2.05, 4.69) is 44.0 Å². The molecule has 0 aliphatic heterocycles. The van der Waals surface area contributed by atoms with E-state index in [-0.39, 0.29) is 0 Å². The summed E-state index contributed by atoms with van der Waals surface area (Å²) in [5.74, 6) is 0.936. The number of hydrogen-bond acceptors (Lipinski definition) is 4. The Morgan fingerprint density at radius 2 is 0.684 bits per heavy atom. The maximum Gasteiger partial charge on any atom is 0.198 e. The van der Waals surface area contributed by atoms with Gasteiger partial charge in [0.15, 0.2) is 11.6 Å². The Morgan fingerprint density at radius 3 is 1.05 bits per heavy atom. The fraction of sp³-hybridized carbons (Fsp3) is 0. The van der Waals surface area contributed by atoms with Crippen molar-refractivity contribution in [3.05, 3.63) is 130 Å². The van der Waals surface area contributed by atoms with Crippen LogP contribution in [0.5, 0.6) is 0 Å². The molecule has 2 aromatic heterocycles. The molecule has 0 N–H and O–H groups in total. The van der Waals surface area contributed by atoms with E-state index < -0.39 is 0 Å². The zero-order valence-corrected chi connectivity index (χ0v) is 23.3. The number of aromatic nitrogens is 4. The lowest BCUT2D eigenvalue weighted by Gasteiger charge is -2.11. The summed E-state index contributed by atoms with van der Waals surface area (Å²) < 4.78 is 1.96. The highest BCUT2D eigenvalue weighted by molar-refractivity contribution is 9.10. The van der Waals surface area contributed by atoms with E-state index in [1.165, 1.54) is 0 Å². The average molecular weight is 620 g/mol. The molecule has 0 aliphatic rings. The van der Waals surface area contributed by atoms with Crippen LogP contribution in [0, 0.1) is 0 Å². The van der Waals surface area contributed by atoms with Crippen LogP contribution in [-0.4, -0.2) is 19.9 Å². The van der Waals surface area contributed by atoms with Crippen molar-refractivity contribution in [3.63, 3.8) is 0 Å². The van der Waals surface area contributed by atoms with E-state index in [1.54, 1.807) is 0 Å². The summed E-state index contributed by atoms with van der Waals surface area (Å²) in [5.41, 5.74) is 7.17. The first-order valence-corrected chi connectivity index (χ1v) is 13.6. The number of rotatable bonds is 5. The van der Waals surface area contributed by atoms with Gasteiger partial charge in [0.1, 0.15) is 0 Å². The lowest BCUT2D eigenvalue weighted by Crippen LogP contribution is -2.02. The van der Waals surface area contributed by atoms with Crippen molar-refractivity contribution >= 4 is 31.9 Å². The molecule has 0 spiro atoms. The third-order valence-electron chi connectivity index (χ3n) is 6.03. The fourth-order valence-corrected chi connectivity index (χ4v) is 5.00. The minimum atomic E-state index is 0.468. The lowest BCUT2D eigenvalue weighted by molar-refractivity contribution is 1.09. The molecule has 0 aliphatic carbocycles. The molecular formula is C32H20Br2N4. The molecule has 182 valence electrons. The Morgan fingerprint density at radius 1 is 0.342 bits per heavy atom. The van der Waals surface area contributed by atoms with Gasteiger partial charge in [-0.2, -0.15) is 0 Å². The van der Waals surface area contributed by atoms with Crippen molar-refractivity contribution in [2.75, 3.05) is 0 Å². The molecule has 0 saturated carbocycles. The Bertz CT molecular complexity index is 1610. The number of nitrogens with zero attached hydrogens (tertiary/aromatic N) is 4. The van der Waals surface area contributed by atoms with Crippen LogP contribution in [0.2, 0.25) is 0 Å². The molecule has 0 atom stereocenters. The summed E-state index contributed by atoms with van der Waals surface area (Å²) in [6.45, 7) is 0. The summed E-state index contributed by atoms with van der Waals surface area (Å²) >= 11 is 7.18. The second-order valence-corrected chi connectivity index (χ2v) is 10.5. The Balaban J connectivity index is 1.59. The zero-order chi connectivity index (χ0) is 25.9. The van der Waals surface area contributed by atoms with Crippen LogP contribution < -0.4 is 0 Å². The van der Waals surface area contributed by atoms with E-state index in [0.29, 0.717) is 11.6 Å². The summed E-state index contributed by atoms with van der Waals surface area (Å²) in [7, 11) is 0. The van der Waals surface area contributed by atoms with E-state index in [4.69, 9.17) is 19.9 Å². The molecule has 0 saturated heterocycles. The van der Waals surface area contributed by atoms with E-state index in [9.17, 15) is 0 Å². The number of hydrogen-bond donors (Lipinski definition) is 0. The molecule has 0 amide bonds. The lowest BCUT2D eigenvalue weighted by atomic mass is 10.1. The first-order chi connectivity index (χ1) is 18.6. The van der Waals surface area contributed by atoms with Crippen molar-refractivity contribution in [2.24, 2.45) is 0 Å². The Labute approximate surface area is 237 Å². The zero-order valence-electron chi connectivity index (χ0n) is 20.1. The minimum absolute atomic E-state index is 0.468. The van der Waals surface area contributed by atoms with Gasteiger partial charge in [-0.25, -0.2) is 19.9 Å². The van der Waals surface area contributed by atoms with Crippen LogP contribution in [0.15, 0.2) is 130 Å². The van der Waals surface area contributed by atoms with Gasteiger partial charge in [0.25, 0.3) is 0 Å². The molecular weight excluding hydrogens is 600 g/mol. The highest BCUT2D eigenvalue weighted by Gasteiger charge is 2.16. The monoisotopic (exact) mass is 618 g/mol. The van der Waals surface area contributed by atoms with Gasteiger partial charge in [-0.15, -0.1) is 0 Å². The maximum absolute atomic E-state index is 4.96. The molecule has 4 aromatic carbocycles. The second kappa shape index (κ2) is 10.8. The molecule has 6 aromatic rings. The molecule has 6 rings (SSSR count). The molecule has 4 nitrogen and oxygen atoms in total. The molecule has 0 bridgehead atoms. The average Bonchev–Trinajstić information content (AvgIpc) is 2.97. The smallest absolute Gasteiger partial charge is 0.198 e. The first kappa shape index (κ1) is 24.3. The van der Waals surface area contributed by atoms with Crippen molar-refractivity contribution in [3.8, 4) is 56.7 Å². The number of halogens is 2. The van der Waals surface area contributed by atoms with Crippen LogP contribution in [-0.2, 0) is 0 Å². The minimum Gasteiger partial charge on any atom is -0.225 e. The predicted octanol–water partition coefficient (Wildman–Crippen LogP) is 9.13. The summed E-state index contributed by atoms with van der Waals surface area (Å²) in [6.07, 6.45) is 0. The van der Waals surface area contributed by atoms with Crippen molar-refractivity contribution in [2.45, 2.75) is 0 Å². The standard InChI is InChI=1S/C32H20Br2N4/c33-25-15-7-13-23(17-25)29-19-27(21-9-3-1-4-10-21)35-31(37-29)32-36-28(22-11-5-2-6-12-22)20-30(38-32)24-14-8-16-26(34)18-24/h1-20H. The van der Waals surface area contributed by atoms with Crippen LogP contribution in [0.4, 0.5) is 0 Å². The molecule has 0 fully saturated rings. The van der Waals surface area contributed by atoms with Crippen LogP contribution in [0.1, 0.15) is 0 Å². The van der Waals surface area contributed by atoms with Gasteiger partial charge < -0.3 is 0 Å². The third kappa shape index (κ3) is 5.32. The first-order valence-electron chi connectivity index (χ1n) is 12.0. The highest BCUT2D eigenvalue weighted by atomic mass is 79.9. The van der Waals surface area contributed by atoms with Gasteiger partial charge >= 0.3 is 0 Å². The van der Waals surface area contributed by atoms with Gasteiger partial charge in [0, 0.05) is 31.2 Å². The molecule has 6 heteroatoms. The Hall–Kier alpha value is -4.00. The third-order valence-corrected chi connectivity index (χ3v) is 7.02. The largest absolute Gasteiger partial charge is 0.225 e. The summed E-state index contributed by atoms with van der Waals surface area (Å²) in [4.78, 5) is 19.8. The topological polar surface area (TPSA) is 51.6 Å². The quantitative estimate of drug-likeness (QED) is 0.193. The van der Waals surface area contributed by atoms with Gasteiger partial charge in [0.05, 0.1) is 22.8 Å². The predicted molar refractivity (Wildman–Crippen MR) is 160 cm³/mol. The SMILES string of the molecule is Brc1cccc(-c2cc(-c3ccccc3)nc(-c3nc(-c4ccccc4)cc(-c4cccc(Br)c4)n3)n2)c1. The van der Waals surface area contributed by atoms with Crippen molar-refractivity contribution in [1.29, 1.82) is 0 Å². The van der Waals surface area contributed by atoms with E-state index in [0.717, 1.165) is 54.0 Å². The van der Waals surface area contributed by atoms with Crippen molar-refractivity contribution in [1.82, 2.24) is 19.9 Å². The van der Waals surface area contributed by atoms with E-state index in [1.807, 2.05) is 109 Å². The molecule has 0 unspecified atom stereocenters. The van der Waals surface area contributed by atoms with E-state index >= 15 is 0 Å². The second-order valence-electron chi connectivity index (χ2n) is 8.68. The summed E-state index contributed by atoms with van der Waals surface area (Å²) in [6, 6.07) is 40.4. The van der Waals surface area contributed by atoms with Gasteiger partial charge in [-0.3, -0.25) is 0 Å². The van der Waals surface area contributed by atoms with Crippen molar-refractivity contribution < 1.29 is 0 Å². The van der Waals surface area contributed by atoms with Gasteiger partial charge in [-0.1, -0.05) is 117 Å². The van der Waals surface area contributed by atoms with Gasteiger partial charge in [0.2, 0.25) is 0 Å². The molecule has 38 heavy (non-hydrogen) atoms.